The van der Waals surface area contributed by atoms with Gasteiger partial charge < -0.3 is 10.1 Å². The molecule has 0 heterocycles. The molecule has 0 aromatic heterocycles. The highest BCUT2D eigenvalue weighted by atomic mass is 32.1. The van der Waals surface area contributed by atoms with E-state index in [2.05, 4.69) is 15.8 Å². The molecule has 0 aliphatic heterocycles. The van der Waals surface area contributed by atoms with Crippen molar-refractivity contribution in [1.29, 1.82) is 0 Å². The SMILES string of the molecule is COc1ccc(C)cc1/C(C)=N\NC(=S)NCc1ccccc1. The molecule has 0 radical (unpaired) electrons. The van der Waals surface area contributed by atoms with E-state index in [1.165, 1.54) is 0 Å². The van der Waals surface area contributed by atoms with Gasteiger partial charge >= 0.3 is 0 Å². The zero-order chi connectivity index (χ0) is 16.7. The topological polar surface area (TPSA) is 45.6 Å². The molecule has 0 unspecified atom stereocenters. The summed E-state index contributed by atoms with van der Waals surface area (Å²) in [4.78, 5) is 0. The number of benzene rings is 2. The van der Waals surface area contributed by atoms with E-state index in [9.17, 15) is 0 Å². The van der Waals surface area contributed by atoms with Crippen molar-refractivity contribution in [1.82, 2.24) is 10.7 Å². The van der Waals surface area contributed by atoms with E-state index in [0.29, 0.717) is 11.7 Å². The molecule has 4 nitrogen and oxygen atoms in total. The third kappa shape index (κ3) is 5.07. The Labute approximate surface area is 142 Å². The Balaban J connectivity index is 1.96. The van der Waals surface area contributed by atoms with Crippen molar-refractivity contribution in [2.45, 2.75) is 20.4 Å². The third-order valence-corrected chi connectivity index (χ3v) is 3.60. The molecule has 0 saturated heterocycles. The van der Waals surface area contributed by atoms with Crippen molar-refractivity contribution in [2.24, 2.45) is 5.10 Å². The number of aryl methyl sites for hydroxylation is 1. The van der Waals surface area contributed by atoms with Gasteiger partial charge in [-0.15, -0.1) is 0 Å². The second kappa shape index (κ2) is 8.29. The smallest absolute Gasteiger partial charge is 0.187 e. The first kappa shape index (κ1) is 17.0. The van der Waals surface area contributed by atoms with Crippen LogP contribution < -0.4 is 15.5 Å². The average Bonchev–Trinajstić information content (AvgIpc) is 2.58. The van der Waals surface area contributed by atoms with Crippen LogP contribution in [0.2, 0.25) is 0 Å². The summed E-state index contributed by atoms with van der Waals surface area (Å²) < 4.78 is 5.38. The predicted octanol–water partition coefficient (Wildman–Crippen LogP) is 3.39. The number of thiocarbonyl (C=S) groups is 1. The maximum atomic E-state index is 5.38. The monoisotopic (exact) mass is 327 g/mol. The minimum absolute atomic E-state index is 0.486. The molecular weight excluding hydrogens is 306 g/mol. The van der Waals surface area contributed by atoms with Crippen LogP contribution in [-0.4, -0.2) is 17.9 Å². The fraction of sp³-hybridized carbons (Fsp3) is 0.222. The zero-order valence-corrected chi connectivity index (χ0v) is 14.4. The van der Waals surface area contributed by atoms with Crippen LogP contribution in [0.25, 0.3) is 0 Å². The summed E-state index contributed by atoms with van der Waals surface area (Å²) in [6.45, 7) is 4.62. The zero-order valence-electron chi connectivity index (χ0n) is 13.6. The first-order valence-corrected chi connectivity index (χ1v) is 7.78. The summed E-state index contributed by atoms with van der Waals surface area (Å²) in [5.41, 5.74) is 6.96. The first-order valence-electron chi connectivity index (χ1n) is 7.37. The van der Waals surface area contributed by atoms with Crippen LogP contribution in [0.3, 0.4) is 0 Å². The maximum absolute atomic E-state index is 5.38. The van der Waals surface area contributed by atoms with E-state index in [4.69, 9.17) is 17.0 Å². The molecule has 0 atom stereocenters. The number of hydrogen-bond donors (Lipinski definition) is 2. The largest absolute Gasteiger partial charge is 0.496 e. The van der Waals surface area contributed by atoms with Crippen LogP contribution in [0.1, 0.15) is 23.6 Å². The van der Waals surface area contributed by atoms with Crippen molar-refractivity contribution in [3.63, 3.8) is 0 Å². The van der Waals surface area contributed by atoms with Gasteiger partial charge in [-0.25, -0.2) is 0 Å². The van der Waals surface area contributed by atoms with E-state index in [1.807, 2.05) is 62.4 Å². The number of nitrogens with one attached hydrogen (secondary N) is 2. The van der Waals surface area contributed by atoms with Gasteiger partial charge in [0.1, 0.15) is 5.75 Å². The molecular formula is C18H21N3OS. The van der Waals surface area contributed by atoms with Crippen molar-refractivity contribution in [3.8, 4) is 5.75 Å². The molecule has 2 rings (SSSR count). The lowest BCUT2D eigenvalue weighted by Gasteiger charge is -2.11. The van der Waals surface area contributed by atoms with Crippen LogP contribution in [0.5, 0.6) is 5.75 Å². The summed E-state index contributed by atoms with van der Waals surface area (Å²) in [6, 6.07) is 16.1. The molecule has 0 spiro atoms. The Hall–Kier alpha value is -2.40. The quantitative estimate of drug-likeness (QED) is 0.502. The Kier molecular flexibility index (Phi) is 6.11. The average molecular weight is 327 g/mol. The Morgan fingerprint density at radius 1 is 1.17 bits per heavy atom. The van der Waals surface area contributed by atoms with Gasteiger partial charge in [-0.05, 0) is 43.8 Å². The van der Waals surface area contributed by atoms with Crippen LogP contribution in [0.15, 0.2) is 53.6 Å². The van der Waals surface area contributed by atoms with Crippen molar-refractivity contribution >= 4 is 23.0 Å². The summed E-state index contributed by atoms with van der Waals surface area (Å²) >= 11 is 5.25. The third-order valence-electron chi connectivity index (χ3n) is 3.37. The molecule has 0 aliphatic carbocycles. The van der Waals surface area contributed by atoms with Crippen LogP contribution in [0, 0.1) is 6.92 Å². The normalized spacial score (nSPS) is 11.0. The van der Waals surface area contributed by atoms with E-state index < -0.39 is 0 Å². The lowest BCUT2D eigenvalue weighted by molar-refractivity contribution is 0.414. The van der Waals surface area contributed by atoms with Gasteiger partial charge in [-0.1, -0.05) is 42.0 Å². The lowest BCUT2D eigenvalue weighted by atomic mass is 10.1. The minimum atomic E-state index is 0.486. The fourth-order valence-electron chi connectivity index (χ4n) is 2.12. The second-order valence-electron chi connectivity index (χ2n) is 5.18. The Morgan fingerprint density at radius 2 is 1.91 bits per heavy atom. The molecule has 5 heteroatoms. The highest BCUT2D eigenvalue weighted by molar-refractivity contribution is 7.80. The molecule has 120 valence electrons. The van der Waals surface area contributed by atoms with Crippen molar-refractivity contribution in [3.05, 3.63) is 65.2 Å². The molecule has 0 fully saturated rings. The number of nitrogens with zero attached hydrogens (tertiary/aromatic N) is 1. The number of methoxy groups -OCH3 is 1. The van der Waals surface area contributed by atoms with Crippen molar-refractivity contribution in [2.75, 3.05) is 7.11 Å². The van der Waals surface area contributed by atoms with Gasteiger partial charge in [0, 0.05) is 12.1 Å². The lowest BCUT2D eigenvalue weighted by Crippen LogP contribution is -2.32. The molecule has 2 aromatic rings. The molecule has 2 aromatic carbocycles. The maximum Gasteiger partial charge on any atom is 0.187 e. The molecule has 0 saturated carbocycles. The second-order valence-corrected chi connectivity index (χ2v) is 5.59. The number of hydrogen-bond acceptors (Lipinski definition) is 3. The van der Waals surface area contributed by atoms with Gasteiger partial charge in [0.25, 0.3) is 0 Å². The van der Waals surface area contributed by atoms with Crippen LogP contribution >= 0.6 is 12.2 Å². The number of ether oxygens (including phenoxy) is 1. The van der Waals surface area contributed by atoms with Crippen molar-refractivity contribution < 1.29 is 4.74 Å². The molecule has 23 heavy (non-hydrogen) atoms. The van der Waals surface area contributed by atoms with Gasteiger partial charge in [0.15, 0.2) is 5.11 Å². The highest BCUT2D eigenvalue weighted by Crippen LogP contribution is 2.20. The fourth-order valence-corrected chi connectivity index (χ4v) is 2.23. The Morgan fingerprint density at radius 3 is 2.61 bits per heavy atom. The van der Waals surface area contributed by atoms with E-state index >= 15 is 0 Å². The summed E-state index contributed by atoms with van der Waals surface area (Å²) in [5, 5.41) is 7.95. The highest BCUT2D eigenvalue weighted by Gasteiger charge is 2.06. The summed E-state index contributed by atoms with van der Waals surface area (Å²) in [6.07, 6.45) is 0. The molecule has 0 aliphatic rings. The first-order chi connectivity index (χ1) is 11.1. The van der Waals surface area contributed by atoms with Gasteiger partial charge in [0.2, 0.25) is 0 Å². The number of rotatable bonds is 5. The van der Waals surface area contributed by atoms with E-state index in [-0.39, 0.29) is 0 Å². The molecule has 2 N–H and O–H groups in total. The number of hydrazone groups is 1. The van der Waals surface area contributed by atoms with Gasteiger partial charge in [0.05, 0.1) is 12.8 Å². The summed E-state index contributed by atoms with van der Waals surface area (Å²) in [5.74, 6) is 0.793. The predicted molar refractivity (Wildman–Crippen MR) is 99.0 cm³/mol. The minimum Gasteiger partial charge on any atom is -0.496 e. The van der Waals surface area contributed by atoms with Gasteiger partial charge in [-0.2, -0.15) is 5.10 Å². The Bertz CT molecular complexity index is 699. The van der Waals surface area contributed by atoms with Gasteiger partial charge in [-0.3, -0.25) is 5.43 Å². The summed E-state index contributed by atoms with van der Waals surface area (Å²) in [7, 11) is 1.65. The van der Waals surface area contributed by atoms with E-state index in [1.54, 1.807) is 7.11 Å². The molecule has 0 amide bonds. The van der Waals surface area contributed by atoms with Crippen LogP contribution in [-0.2, 0) is 6.54 Å². The van der Waals surface area contributed by atoms with E-state index in [0.717, 1.165) is 28.2 Å². The molecule has 0 bridgehead atoms. The standard InChI is InChI=1S/C18H21N3OS/c1-13-9-10-17(22-3)16(11-13)14(2)20-21-18(23)19-12-15-7-5-4-6-8-15/h4-11H,12H2,1-3H3,(H2,19,21,23)/b20-14-. The van der Waals surface area contributed by atoms with Crippen LogP contribution in [0.4, 0.5) is 0 Å².